The van der Waals surface area contributed by atoms with E-state index in [1.54, 1.807) is 12.3 Å². The van der Waals surface area contributed by atoms with Crippen molar-refractivity contribution in [1.82, 2.24) is 10.3 Å². The predicted octanol–water partition coefficient (Wildman–Crippen LogP) is 1.44. The summed E-state index contributed by atoms with van der Waals surface area (Å²) in [6.07, 6.45) is 1.82. The molecule has 0 aliphatic carbocycles. The van der Waals surface area contributed by atoms with Crippen molar-refractivity contribution >= 4 is 22.7 Å². The zero-order valence-corrected chi connectivity index (χ0v) is 8.79. The van der Waals surface area contributed by atoms with Crippen molar-refractivity contribution in [2.24, 2.45) is 0 Å². The monoisotopic (exact) mass is 232 g/mol. The quantitative estimate of drug-likeness (QED) is 0.731. The number of halogens is 1. The Morgan fingerprint density at radius 3 is 2.82 bits per heavy atom. The third-order valence-corrected chi connectivity index (χ3v) is 3.02. The summed E-state index contributed by atoms with van der Waals surface area (Å²) in [5.41, 5.74) is 1.37. The number of aromatic nitrogens is 1. The highest BCUT2D eigenvalue weighted by atomic mass is 19.1. The van der Waals surface area contributed by atoms with E-state index in [0.717, 1.165) is 10.9 Å². The van der Waals surface area contributed by atoms with Gasteiger partial charge in [-0.2, -0.15) is 0 Å². The van der Waals surface area contributed by atoms with Crippen LogP contribution in [-0.4, -0.2) is 16.8 Å². The van der Waals surface area contributed by atoms with Crippen LogP contribution in [-0.2, 0) is 9.59 Å². The zero-order valence-electron chi connectivity index (χ0n) is 8.79. The van der Waals surface area contributed by atoms with Gasteiger partial charge in [0, 0.05) is 23.5 Å². The zero-order chi connectivity index (χ0) is 12.0. The van der Waals surface area contributed by atoms with E-state index in [2.05, 4.69) is 10.3 Å². The van der Waals surface area contributed by atoms with Gasteiger partial charge in [0.2, 0.25) is 11.8 Å². The summed E-state index contributed by atoms with van der Waals surface area (Å²) in [7, 11) is 0. The summed E-state index contributed by atoms with van der Waals surface area (Å²) < 4.78 is 13.0. The van der Waals surface area contributed by atoms with E-state index < -0.39 is 5.92 Å². The SMILES string of the molecule is O=C1CC(c2c[nH]c3cc(F)ccc23)C(=O)N1. The van der Waals surface area contributed by atoms with Crippen molar-refractivity contribution in [2.75, 3.05) is 0 Å². The van der Waals surface area contributed by atoms with Crippen LogP contribution < -0.4 is 5.32 Å². The second kappa shape index (κ2) is 3.41. The van der Waals surface area contributed by atoms with Gasteiger partial charge in [-0.3, -0.25) is 14.9 Å². The number of aromatic amines is 1. The third kappa shape index (κ3) is 1.51. The molecule has 2 amide bonds. The number of rotatable bonds is 1. The number of amides is 2. The first-order chi connectivity index (χ1) is 8.15. The van der Waals surface area contributed by atoms with Gasteiger partial charge in [0.15, 0.2) is 0 Å². The average molecular weight is 232 g/mol. The van der Waals surface area contributed by atoms with Gasteiger partial charge in [0.1, 0.15) is 5.82 Å². The van der Waals surface area contributed by atoms with E-state index in [4.69, 9.17) is 0 Å². The summed E-state index contributed by atoms with van der Waals surface area (Å²) >= 11 is 0. The lowest BCUT2D eigenvalue weighted by molar-refractivity contribution is -0.125. The van der Waals surface area contributed by atoms with Crippen LogP contribution in [0.15, 0.2) is 24.4 Å². The fraction of sp³-hybridized carbons (Fsp3) is 0.167. The molecular formula is C12H9FN2O2. The molecule has 0 radical (unpaired) electrons. The molecule has 1 aliphatic rings. The molecule has 17 heavy (non-hydrogen) atoms. The Hall–Kier alpha value is -2.17. The van der Waals surface area contributed by atoms with E-state index in [-0.39, 0.29) is 24.1 Å². The maximum Gasteiger partial charge on any atom is 0.234 e. The minimum Gasteiger partial charge on any atom is -0.361 e. The standard InChI is InChI=1S/C12H9FN2O2/c13-6-1-2-7-9(5-14-10(7)3-6)8-4-11(16)15-12(8)17/h1-3,5,8,14H,4H2,(H,15,16,17). The van der Waals surface area contributed by atoms with Crippen molar-refractivity contribution in [3.05, 3.63) is 35.8 Å². The van der Waals surface area contributed by atoms with Crippen LogP contribution in [0.2, 0.25) is 0 Å². The van der Waals surface area contributed by atoms with E-state index >= 15 is 0 Å². The molecule has 2 N–H and O–H groups in total. The number of fused-ring (bicyclic) bond motifs is 1. The molecule has 1 aromatic carbocycles. The first kappa shape index (κ1) is 10.0. The van der Waals surface area contributed by atoms with Gasteiger partial charge in [-0.05, 0) is 23.8 Å². The van der Waals surface area contributed by atoms with Crippen LogP contribution in [0.3, 0.4) is 0 Å². The van der Waals surface area contributed by atoms with Gasteiger partial charge in [0.25, 0.3) is 0 Å². The maximum absolute atomic E-state index is 13.0. The fourth-order valence-corrected chi connectivity index (χ4v) is 2.21. The lowest BCUT2D eigenvalue weighted by Gasteiger charge is -2.03. The third-order valence-electron chi connectivity index (χ3n) is 3.02. The van der Waals surface area contributed by atoms with Crippen LogP contribution in [0, 0.1) is 5.82 Å². The van der Waals surface area contributed by atoms with Gasteiger partial charge >= 0.3 is 0 Å². The molecule has 3 rings (SSSR count). The van der Waals surface area contributed by atoms with Gasteiger partial charge < -0.3 is 4.98 Å². The van der Waals surface area contributed by atoms with Gasteiger partial charge in [0.05, 0.1) is 5.92 Å². The van der Waals surface area contributed by atoms with Crippen molar-refractivity contribution in [3.8, 4) is 0 Å². The topological polar surface area (TPSA) is 62.0 Å². The van der Waals surface area contributed by atoms with Crippen LogP contribution in [0.25, 0.3) is 10.9 Å². The molecule has 86 valence electrons. The smallest absolute Gasteiger partial charge is 0.234 e. The summed E-state index contributed by atoms with van der Waals surface area (Å²) in [4.78, 5) is 25.6. The lowest BCUT2D eigenvalue weighted by Crippen LogP contribution is -2.21. The molecule has 0 bridgehead atoms. The first-order valence-corrected chi connectivity index (χ1v) is 5.25. The number of carbonyl (C=O) groups excluding carboxylic acids is 2. The van der Waals surface area contributed by atoms with Crippen LogP contribution in [0.4, 0.5) is 4.39 Å². The Morgan fingerprint density at radius 2 is 2.12 bits per heavy atom. The summed E-state index contributed by atoms with van der Waals surface area (Å²) in [5.74, 6) is -1.36. The highest BCUT2D eigenvalue weighted by Crippen LogP contribution is 2.30. The molecule has 1 aromatic heterocycles. The molecule has 5 heteroatoms. The number of hydrogen-bond acceptors (Lipinski definition) is 2. The summed E-state index contributed by atoms with van der Waals surface area (Å²) in [6.45, 7) is 0. The van der Waals surface area contributed by atoms with Crippen molar-refractivity contribution in [2.45, 2.75) is 12.3 Å². The Labute approximate surface area is 95.8 Å². The lowest BCUT2D eigenvalue weighted by atomic mass is 9.97. The number of hydrogen-bond donors (Lipinski definition) is 2. The minimum absolute atomic E-state index is 0.156. The molecule has 1 fully saturated rings. The molecule has 1 atom stereocenters. The number of carbonyl (C=O) groups is 2. The Balaban J connectivity index is 2.12. The molecule has 4 nitrogen and oxygen atoms in total. The molecule has 2 heterocycles. The molecule has 1 aliphatic heterocycles. The highest BCUT2D eigenvalue weighted by Gasteiger charge is 2.33. The maximum atomic E-state index is 13.0. The minimum atomic E-state index is -0.471. The number of H-pyrrole nitrogens is 1. The second-order valence-corrected chi connectivity index (χ2v) is 4.10. The highest BCUT2D eigenvalue weighted by molar-refractivity contribution is 6.07. The van der Waals surface area contributed by atoms with Crippen molar-refractivity contribution < 1.29 is 14.0 Å². The second-order valence-electron chi connectivity index (χ2n) is 4.10. The average Bonchev–Trinajstić information content (AvgIpc) is 2.81. The summed E-state index contributed by atoms with van der Waals surface area (Å²) in [6, 6.07) is 4.33. The fourth-order valence-electron chi connectivity index (χ4n) is 2.21. The Morgan fingerprint density at radius 1 is 1.29 bits per heavy atom. The molecule has 0 spiro atoms. The Kier molecular flexibility index (Phi) is 2.01. The molecule has 1 unspecified atom stereocenters. The first-order valence-electron chi connectivity index (χ1n) is 5.25. The number of nitrogens with one attached hydrogen (secondary N) is 2. The normalized spacial score (nSPS) is 19.9. The van der Waals surface area contributed by atoms with Gasteiger partial charge in [-0.25, -0.2) is 4.39 Å². The molecule has 2 aromatic rings. The Bertz CT molecular complexity index is 632. The van der Waals surface area contributed by atoms with Crippen molar-refractivity contribution in [3.63, 3.8) is 0 Å². The molecule has 1 saturated heterocycles. The van der Waals surface area contributed by atoms with Crippen LogP contribution in [0.1, 0.15) is 17.9 Å². The van der Waals surface area contributed by atoms with Crippen LogP contribution in [0.5, 0.6) is 0 Å². The molecular weight excluding hydrogens is 223 g/mol. The van der Waals surface area contributed by atoms with E-state index in [9.17, 15) is 14.0 Å². The van der Waals surface area contributed by atoms with Crippen LogP contribution >= 0.6 is 0 Å². The van der Waals surface area contributed by atoms with E-state index in [0.29, 0.717) is 5.52 Å². The van der Waals surface area contributed by atoms with E-state index in [1.165, 1.54) is 12.1 Å². The van der Waals surface area contributed by atoms with Gasteiger partial charge in [-0.15, -0.1) is 0 Å². The molecule has 0 saturated carbocycles. The largest absolute Gasteiger partial charge is 0.361 e. The van der Waals surface area contributed by atoms with Gasteiger partial charge in [-0.1, -0.05) is 0 Å². The van der Waals surface area contributed by atoms with E-state index in [1.807, 2.05) is 0 Å². The van der Waals surface area contributed by atoms with Crippen molar-refractivity contribution in [1.29, 1.82) is 0 Å². The summed E-state index contributed by atoms with van der Waals surface area (Å²) in [5, 5.41) is 3.04. The number of benzene rings is 1. The number of imide groups is 1. The predicted molar refractivity (Wildman–Crippen MR) is 58.8 cm³/mol.